The molecule has 5 rings (SSSR count). The van der Waals surface area contributed by atoms with Crippen LogP contribution in [-0.2, 0) is 51.2 Å². The van der Waals surface area contributed by atoms with Crippen molar-refractivity contribution in [2.45, 2.75) is 88.6 Å². The summed E-state index contributed by atoms with van der Waals surface area (Å²) in [4.78, 5) is 112. The topological polar surface area (TPSA) is 324 Å². The van der Waals surface area contributed by atoms with Crippen LogP contribution in [-0.4, -0.2) is 128 Å². The number of carboxylic acid groups (broad SMARTS) is 1. The zero-order valence-corrected chi connectivity index (χ0v) is 34.4. The highest BCUT2D eigenvalue weighted by Gasteiger charge is 2.39. The average molecular weight is 859 g/mol. The monoisotopic (exact) mass is 858 g/mol. The van der Waals surface area contributed by atoms with Gasteiger partial charge in [-0.15, -0.1) is 0 Å². The molecule has 0 unspecified atom stereocenters. The molecule has 62 heavy (non-hydrogen) atoms. The third kappa shape index (κ3) is 11.9. The lowest BCUT2D eigenvalue weighted by molar-refractivity contribution is -0.143. The van der Waals surface area contributed by atoms with Gasteiger partial charge in [-0.05, 0) is 54.9 Å². The first-order valence-electron chi connectivity index (χ1n) is 20.3. The molecular weight excluding hydrogens is 805 g/mol. The molecule has 0 bridgehead atoms. The molecule has 20 nitrogen and oxygen atoms in total. The quantitative estimate of drug-likeness (QED) is 0.0473. The number of aromatic amines is 2. The van der Waals surface area contributed by atoms with Crippen molar-refractivity contribution >= 4 is 69.1 Å². The molecule has 7 amide bonds. The number of para-hydroxylation sites is 2. The number of nitrogens with one attached hydrogen (secondary N) is 7. The number of carbonyl (C=O) groups is 8. The van der Waals surface area contributed by atoms with E-state index in [1.165, 1.54) is 4.90 Å². The Balaban J connectivity index is 1.26. The van der Waals surface area contributed by atoms with E-state index in [2.05, 4.69) is 36.6 Å². The van der Waals surface area contributed by atoms with Crippen LogP contribution in [0.25, 0.3) is 21.8 Å². The SMILES string of the molecule is CC(C)C[C@H](NC(=O)CNC(=O)[C@@H]1CCCN1C(=O)[C@H](Cc1c[nH]c2ccccc12)NC(=O)[C@H](CO)NC(=O)[C@@H](N)Cc1c[nH]c2ccccc12)C(=O)N[C@@H](CC(N)=O)C(=O)O. The van der Waals surface area contributed by atoms with E-state index in [4.69, 9.17) is 11.5 Å². The van der Waals surface area contributed by atoms with Crippen LogP contribution in [0.4, 0.5) is 0 Å². The number of H-pyrrole nitrogens is 2. The minimum atomic E-state index is -1.62. The van der Waals surface area contributed by atoms with Crippen LogP contribution in [0.15, 0.2) is 60.9 Å². The number of aromatic nitrogens is 2. The molecular formula is C42H54N10O10. The van der Waals surface area contributed by atoms with Crippen molar-refractivity contribution in [2.24, 2.45) is 17.4 Å². The molecule has 6 atom stereocenters. The first-order valence-corrected chi connectivity index (χ1v) is 20.3. The normalized spacial score (nSPS) is 16.2. The summed E-state index contributed by atoms with van der Waals surface area (Å²) in [6, 6.07) is 7.11. The minimum absolute atomic E-state index is 0.0323. The van der Waals surface area contributed by atoms with Crippen molar-refractivity contribution in [3.8, 4) is 0 Å². The minimum Gasteiger partial charge on any atom is -0.480 e. The van der Waals surface area contributed by atoms with Crippen LogP contribution in [0.1, 0.15) is 50.7 Å². The van der Waals surface area contributed by atoms with E-state index in [1.807, 2.05) is 48.5 Å². The van der Waals surface area contributed by atoms with Crippen LogP contribution < -0.4 is 38.1 Å². The maximum atomic E-state index is 14.4. The summed E-state index contributed by atoms with van der Waals surface area (Å²) in [5.41, 5.74) is 14.5. The predicted octanol–water partition coefficient (Wildman–Crippen LogP) is -1.19. The zero-order chi connectivity index (χ0) is 45.1. The molecule has 1 aliphatic rings. The van der Waals surface area contributed by atoms with Gasteiger partial charge < -0.3 is 63.1 Å². The van der Waals surface area contributed by atoms with Crippen molar-refractivity contribution in [3.63, 3.8) is 0 Å². The number of fused-ring (bicyclic) bond motifs is 2. The number of nitrogens with two attached hydrogens (primary N) is 2. The van der Waals surface area contributed by atoms with Gasteiger partial charge in [-0.25, -0.2) is 4.79 Å². The van der Waals surface area contributed by atoms with Crippen LogP contribution in [0.5, 0.6) is 0 Å². The lowest BCUT2D eigenvalue weighted by Crippen LogP contribution is -2.59. The van der Waals surface area contributed by atoms with Crippen LogP contribution in [0, 0.1) is 5.92 Å². The third-order valence-corrected chi connectivity index (χ3v) is 10.6. The standard InChI is InChI=1S/C42H54N10O10/c1-22(2)14-30(38(57)50-32(42(61)62)17-35(44)54)48-36(55)20-47-40(59)34-12-7-13-52(34)41(60)31(16-24-19-46-29-11-6-4-9-26(24)29)49-39(58)33(21-53)51-37(56)27(43)15-23-18-45-28-10-5-3-8-25(23)28/h3-6,8-11,18-19,22,27,30-34,45-46,53H,7,12-17,20-21,43H2,1-2H3,(H2,44,54)(H,47,59)(H,48,55)(H,49,58)(H,50,57)(H,51,56)(H,61,62)/t27-,30-,31-,32-,33-,34-/m0/s1. The molecule has 332 valence electrons. The molecule has 2 aromatic carbocycles. The Kier molecular flexibility index (Phi) is 15.8. The molecule has 0 spiro atoms. The number of hydrogen-bond donors (Lipinski definition) is 11. The summed E-state index contributed by atoms with van der Waals surface area (Å²) >= 11 is 0. The molecule has 1 aliphatic heterocycles. The van der Waals surface area contributed by atoms with E-state index in [1.54, 1.807) is 26.2 Å². The summed E-state index contributed by atoms with van der Waals surface area (Å²) < 4.78 is 0. The van der Waals surface area contributed by atoms with Gasteiger partial charge in [0.1, 0.15) is 30.2 Å². The number of nitrogens with zero attached hydrogens (tertiary/aromatic N) is 1. The van der Waals surface area contributed by atoms with E-state index in [-0.39, 0.29) is 38.1 Å². The number of likely N-dealkylation sites (tertiary alicyclic amines) is 1. The van der Waals surface area contributed by atoms with Gasteiger partial charge in [0, 0.05) is 47.2 Å². The number of aliphatic carboxylic acids is 1. The Hall–Kier alpha value is -6.80. The fourth-order valence-corrected chi connectivity index (χ4v) is 7.51. The Labute approximate surface area is 356 Å². The number of rotatable bonds is 21. The largest absolute Gasteiger partial charge is 0.480 e. The number of amides is 7. The second-order valence-electron chi connectivity index (χ2n) is 15.8. The van der Waals surface area contributed by atoms with Crippen LogP contribution in [0.2, 0.25) is 0 Å². The molecule has 1 fully saturated rings. The highest BCUT2D eigenvalue weighted by Crippen LogP contribution is 2.23. The highest BCUT2D eigenvalue weighted by molar-refractivity contribution is 5.97. The molecule has 20 heteroatoms. The van der Waals surface area contributed by atoms with Gasteiger partial charge in [0.25, 0.3) is 0 Å². The summed E-state index contributed by atoms with van der Waals surface area (Å²) in [6.45, 7) is 2.28. The number of aliphatic hydroxyl groups excluding tert-OH is 1. The molecule has 1 saturated heterocycles. The number of primary amides is 1. The number of hydrogen-bond acceptors (Lipinski definition) is 10. The van der Waals surface area contributed by atoms with Gasteiger partial charge in [-0.2, -0.15) is 0 Å². The number of carbonyl (C=O) groups excluding carboxylic acids is 7. The lowest BCUT2D eigenvalue weighted by Gasteiger charge is -2.30. The van der Waals surface area contributed by atoms with Gasteiger partial charge in [-0.1, -0.05) is 50.2 Å². The van der Waals surface area contributed by atoms with E-state index >= 15 is 0 Å². The van der Waals surface area contributed by atoms with Crippen molar-refractivity contribution in [1.82, 2.24) is 41.5 Å². The summed E-state index contributed by atoms with van der Waals surface area (Å²) in [5, 5.41) is 33.7. The fourth-order valence-electron chi connectivity index (χ4n) is 7.51. The van der Waals surface area contributed by atoms with E-state index in [0.29, 0.717) is 12.0 Å². The first kappa shape index (κ1) is 46.3. The molecule has 0 radical (unpaired) electrons. The second-order valence-corrected chi connectivity index (χ2v) is 15.8. The van der Waals surface area contributed by atoms with Gasteiger partial charge in [0.2, 0.25) is 41.4 Å². The fraction of sp³-hybridized carbons (Fsp3) is 0.429. The molecule has 0 saturated carbocycles. The molecule has 0 aliphatic carbocycles. The Morgan fingerprint density at radius 2 is 1.34 bits per heavy atom. The maximum absolute atomic E-state index is 14.4. The number of carboxylic acids is 1. The van der Waals surface area contributed by atoms with Crippen molar-refractivity contribution in [2.75, 3.05) is 19.7 Å². The highest BCUT2D eigenvalue weighted by atomic mass is 16.4. The third-order valence-electron chi connectivity index (χ3n) is 10.6. The zero-order valence-electron chi connectivity index (χ0n) is 34.4. The van der Waals surface area contributed by atoms with E-state index in [9.17, 15) is 48.6 Å². The Bertz CT molecular complexity index is 2290. The number of benzene rings is 2. The van der Waals surface area contributed by atoms with Crippen molar-refractivity contribution in [3.05, 3.63) is 72.1 Å². The summed E-state index contributed by atoms with van der Waals surface area (Å²) in [6.07, 6.45) is 3.63. The first-order chi connectivity index (χ1) is 29.6. The van der Waals surface area contributed by atoms with Crippen LogP contribution >= 0.6 is 0 Å². The Morgan fingerprint density at radius 3 is 1.92 bits per heavy atom. The predicted molar refractivity (Wildman–Crippen MR) is 225 cm³/mol. The van der Waals surface area contributed by atoms with Gasteiger partial charge in [0.05, 0.1) is 25.6 Å². The second kappa shape index (κ2) is 21.1. The molecule has 3 heterocycles. The Morgan fingerprint density at radius 1 is 0.774 bits per heavy atom. The van der Waals surface area contributed by atoms with E-state index in [0.717, 1.165) is 27.4 Å². The summed E-state index contributed by atoms with van der Waals surface area (Å²) in [7, 11) is 0. The van der Waals surface area contributed by atoms with Crippen molar-refractivity contribution in [1.29, 1.82) is 0 Å². The van der Waals surface area contributed by atoms with Crippen molar-refractivity contribution < 1.29 is 48.6 Å². The smallest absolute Gasteiger partial charge is 0.326 e. The maximum Gasteiger partial charge on any atom is 0.326 e. The lowest BCUT2D eigenvalue weighted by atomic mass is 10.0. The number of aliphatic hydroxyl groups is 1. The summed E-state index contributed by atoms with van der Waals surface area (Å²) in [5.74, 6) is -7.07. The van der Waals surface area contributed by atoms with Gasteiger partial charge >= 0.3 is 5.97 Å². The molecule has 4 aromatic rings. The van der Waals surface area contributed by atoms with Gasteiger partial charge in [-0.3, -0.25) is 33.6 Å². The van der Waals surface area contributed by atoms with E-state index < -0.39 is 103 Å². The average Bonchev–Trinajstić information content (AvgIpc) is 4.00. The molecule has 2 aromatic heterocycles. The van der Waals surface area contributed by atoms with Crippen LogP contribution in [0.3, 0.4) is 0 Å². The molecule has 13 N–H and O–H groups in total. The van der Waals surface area contributed by atoms with Gasteiger partial charge in [0.15, 0.2) is 0 Å².